The Morgan fingerprint density at radius 3 is 2.34 bits per heavy atom. The van der Waals surface area contributed by atoms with Crippen molar-refractivity contribution in [2.45, 2.75) is 17.9 Å². The summed E-state index contributed by atoms with van der Waals surface area (Å²) in [7, 11) is -3.74. The third-order valence-electron chi connectivity index (χ3n) is 4.71. The van der Waals surface area contributed by atoms with Crippen molar-refractivity contribution >= 4 is 27.4 Å². The summed E-state index contributed by atoms with van der Waals surface area (Å²) in [5.74, 6) is 0.0523. The number of benzene rings is 2. The van der Waals surface area contributed by atoms with Crippen LogP contribution < -0.4 is 10.0 Å². The average Bonchev–Trinajstić information content (AvgIpc) is 3.26. The van der Waals surface area contributed by atoms with Crippen molar-refractivity contribution in [1.29, 1.82) is 0 Å². The highest BCUT2D eigenvalue weighted by Crippen LogP contribution is 2.17. The molecule has 0 bridgehead atoms. The largest absolute Gasteiger partial charge is 0.305 e. The summed E-state index contributed by atoms with van der Waals surface area (Å²) in [5, 5.41) is 7.09. The molecule has 2 N–H and O–H groups in total. The Morgan fingerprint density at radius 2 is 1.62 bits per heavy atom. The molecule has 0 unspecified atom stereocenters. The first-order chi connectivity index (χ1) is 15.5. The van der Waals surface area contributed by atoms with E-state index in [0.717, 1.165) is 12.0 Å². The molecule has 32 heavy (non-hydrogen) atoms. The Hall–Kier alpha value is -3.98. The molecule has 0 atom stereocenters. The van der Waals surface area contributed by atoms with Gasteiger partial charge < -0.3 is 5.32 Å². The molecule has 0 aliphatic heterocycles. The summed E-state index contributed by atoms with van der Waals surface area (Å²) in [6, 6.07) is 20.0. The van der Waals surface area contributed by atoms with Gasteiger partial charge in [-0.3, -0.25) is 19.2 Å². The zero-order valence-electron chi connectivity index (χ0n) is 17.0. The molecule has 1 amide bonds. The summed E-state index contributed by atoms with van der Waals surface area (Å²) in [5.41, 5.74) is 1.95. The van der Waals surface area contributed by atoms with Crippen molar-refractivity contribution in [3.05, 3.63) is 103 Å². The van der Waals surface area contributed by atoms with E-state index in [1.807, 2.05) is 12.1 Å². The zero-order valence-corrected chi connectivity index (χ0v) is 17.9. The predicted octanol–water partition coefficient (Wildman–Crippen LogP) is 3.57. The van der Waals surface area contributed by atoms with Crippen LogP contribution >= 0.6 is 0 Å². The van der Waals surface area contributed by atoms with Crippen LogP contribution in [-0.2, 0) is 23.0 Å². The highest BCUT2D eigenvalue weighted by Gasteiger charge is 2.15. The maximum absolute atomic E-state index is 12.5. The molecule has 162 valence electrons. The van der Waals surface area contributed by atoms with Crippen LogP contribution in [0.25, 0.3) is 0 Å². The van der Waals surface area contributed by atoms with E-state index < -0.39 is 10.0 Å². The number of nitrogens with one attached hydrogen (secondary N) is 2. The van der Waals surface area contributed by atoms with Crippen LogP contribution in [0.15, 0.2) is 96.3 Å². The summed E-state index contributed by atoms with van der Waals surface area (Å²) in [6.45, 7) is 0.668. The van der Waals surface area contributed by atoms with Crippen molar-refractivity contribution < 1.29 is 13.2 Å². The molecule has 8 nitrogen and oxygen atoms in total. The van der Waals surface area contributed by atoms with E-state index in [-0.39, 0.29) is 10.8 Å². The van der Waals surface area contributed by atoms with Crippen molar-refractivity contribution in [1.82, 2.24) is 14.8 Å². The number of para-hydroxylation sites is 1. The minimum absolute atomic E-state index is 0.0679. The number of hydrogen-bond acceptors (Lipinski definition) is 5. The van der Waals surface area contributed by atoms with Gasteiger partial charge in [0.2, 0.25) is 0 Å². The molecule has 0 saturated carbocycles. The van der Waals surface area contributed by atoms with Crippen LogP contribution in [0.3, 0.4) is 0 Å². The molecule has 2 aromatic carbocycles. The van der Waals surface area contributed by atoms with E-state index >= 15 is 0 Å². The zero-order chi connectivity index (χ0) is 22.4. The number of rotatable bonds is 8. The molecule has 0 fully saturated rings. The number of sulfonamides is 1. The molecule has 0 aliphatic rings. The third-order valence-corrected chi connectivity index (χ3v) is 6.11. The minimum atomic E-state index is -3.74. The van der Waals surface area contributed by atoms with E-state index in [2.05, 4.69) is 20.1 Å². The summed E-state index contributed by atoms with van der Waals surface area (Å²) >= 11 is 0. The lowest BCUT2D eigenvalue weighted by atomic mass is 10.2. The molecule has 2 heterocycles. The van der Waals surface area contributed by atoms with Crippen molar-refractivity contribution in [2.75, 3.05) is 10.0 Å². The number of hydrogen-bond donors (Lipinski definition) is 2. The molecule has 2 aromatic heterocycles. The van der Waals surface area contributed by atoms with Gasteiger partial charge in [0.05, 0.1) is 4.90 Å². The number of aromatic nitrogens is 3. The monoisotopic (exact) mass is 447 g/mol. The summed E-state index contributed by atoms with van der Waals surface area (Å²) in [6.07, 6.45) is 6.09. The lowest BCUT2D eigenvalue weighted by molar-refractivity contribution is 0.102. The Balaban J connectivity index is 1.36. The van der Waals surface area contributed by atoms with Crippen molar-refractivity contribution in [3.8, 4) is 0 Å². The first kappa shape index (κ1) is 21.3. The smallest absolute Gasteiger partial charge is 0.261 e. The average molecular weight is 448 g/mol. The number of aryl methyl sites for hydroxylation is 2. The van der Waals surface area contributed by atoms with Gasteiger partial charge >= 0.3 is 0 Å². The van der Waals surface area contributed by atoms with Gasteiger partial charge in [0.1, 0.15) is 0 Å². The number of nitrogens with zero attached hydrogens (tertiary/aromatic N) is 3. The van der Waals surface area contributed by atoms with Crippen LogP contribution in [0.4, 0.5) is 11.5 Å². The van der Waals surface area contributed by atoms with Gasteiger partial charge in [-0.25, -0.2) is 8.42 Å². The Kier molecular flexibility index (Phi) is 6.27. The summed E-state index contributed by atoms with van der Waals surface area (Å²) < 4.78 is 29.3. The van der Waals surface area contributed by atoms with E-state index in [1.165, 1.54) is 24.3 Å². The molecular weight excluding hydrogens is 426 g/mol. The van der Waals surface area contributed by atoms with Crippen molar-refractivity contribution in [2.24, 2.45) is 0 Å². The normalized spacial score (nSPS) is 11.1. The van der Waals surface area contributed by atoms with Crippen LogP contribution in [0.1, 0.15) is 15.9 Å². The second kappa shape index (κ2) is 9.44. The molecule has 0 radical (unpaired) electrons. The van der Waals surface area contributed by atoms with E-state index in [0.29, 0.717) is 23.6 Å². The second-order valence-corrected chi connectivity index (χ2v) is 8.70. The van der Waals surface area contributed by atoms with Gasteiger partial charge in [-0.1, -0.05) is 18.2 Å². The number of anilines is 2. The topological polar surface area (TPSA) is 106 Å². The molecule has 9 heteroatoms. The Bertz CT molecular complexity index is 1290. The SMILES string of the molecule is O=C(Nc1ccn(CCc2ccncc2)n1)c1ccc(S(=O)(=O)Nc2ccccc2)cc1. The lowest BCUT2D eigenvalue weighted by Crippen LogP contribution is -2.15. The van der Waals surface area contributed by atoms with Crippen molar-refractivity contribution in [3.63, 3.8) is 0 Å². The molecule has 4 aromatic rings. The quantitative estimate of drug-likeness (QED) is 0.430. The number of pyridine rings is 1. The van der Waals surface area contributed by atoms with Crippen LogP contribution in [-0.4, -0.2) is 29.1 Å². The van der Waals surface area contributed by atoms with Gasteiger partial charge in [0.25, 0.3) is 15.9 Å². The highest BCUT2D eigenvalue weighted by atomic mass is 32.2. The van der Waals surface area contributed by atoms with Gasteiger partial charge in [-0.15, -0.1) is 0 Å². The highest BCUT2D eigenvalue weighted by molar-refractivity contribution is 7.92. The van der Waals surface area contributed by atoms with Crippen LogP contribution in [0.5, 0.6) is 0 Å². The van der Waals surface area contributed by atoms with E-state index in [9.17, 15) is 13.2 Å². The van der Waals surface area contributed by atoms with E-state index in [1.54, 1.807) is 59.7 Å². The molecule has 0 saturated heterocycles. The van der Waals surface area contributed by atoms with Gasteiger partial charge in [-0.2, -0.15) is 5.10 Å². The fourth-order valence-electron chi connectivity index (χ4n) is 3.04. The van der Waals surface area contributed by atoms with Crippen LogP contribution in [0.2, 0.25) is 0 Å². The number of amides is 1. The second-order valence-electron chi connectivity index (χ2n) is 7.02. The fourth-order valence-corrected chi connectivity index (χ4v) is 4.10. The predicted molar refractivity (Wildman–Crippen MR) is 122 cm³/mol. The maximum atomic E-state index is 12.5. The molecular formula is C23H21N5O3S. The summed E-state index contributed by atoms with van der Waals surface area (Å²) in [4.78, 5) is 16.6. The Morgan fingerprint density at radius 1 is 0.906 bits per heavy atom. The Labute approximate surface area is 186 Å². The van der Waals surface area contributed by atoms with Gasteiger partial charge in [-0.05, 0) is 60.5 Å². The fraction of sp³-hybridized carbons (Fsp3) is 0.0870. The first-order valence-electron chi connectivity index (χ1n) is 9.91. The van der Waals surface area contributed by atoms with Gasteiger partial charge in [0, 0.05) is 42.5 Å². The molecule has 4 rings (SSSR count). The minimum Gasteiger partial charge on any atom is -0.305 e. The van der Waals surface area contributed by atoms with Crippen LogP contribution in [0, 0.1) is 0 Å². The molecule has 0 spiro atoms. The lowest BCUT2D eigenvalue weighted by Gasteiger charge is -2.08. The first-order valence-corrected chi connectivity index (χ1v) is 11.4. The standard InChI is InChI=1S/C23H21N5O3S/c29-23(25-22-13-17-28(26-22)16-12-18-10-14-24-15-11-18)19-6-8-21(9-7-19)32(30,31)27-20-4-2-1-3-5-20/h1-11,13-15,17,27H,12,16H2,(H,25,26,29). The maximum Gasteiger partial charge on any atom is 0.261 e. The third kappa shape index (κ3) is 5.38. The van der Waals surface area contributed by atoms with Gasteiger partial charge in [0.15, 0.2) is 5.82 Å². The number of carbonyl (C=O) groups is 1. The number of carbonyl (C=O) groups excluding carboxylic acids is 1. The molecule has 0 aliphatic carbocycles. The van der Waals surface area contributed by atoms with E-state index in [4.69, 9.17) is 0 Å².